The summed E-state index contributed by atoms with van der Waals surface area (Å²) in [6.07, 6.45) is 7.26. The molecule has 29 heavy (non-hydrogen) atoms. The Kier molecular flexibility index (Phi) is 4.39. The standard InChI is InChI=1S/C24H22ClNO3/c25-16-11-8-15(9-12-16)10-13-19(27)22-21-17-5-1-2-7-20(17)29-24(26-23(22)28)14-4-3-6-18(21)24/h1-2,5,7-13,18,21,27H,3-4,6,14H2,(H,26,28). The molecule has 2 aromatic rings. The van der Waals surface area contributed by atoms with E-state index in [-0.39, 0.29) is 23.5 Å². The molecule has 1 saturated heterocycles. The molecular formula is C24H22ClNO3. The minimum Gasteiger partial charge on any atom is -0.507 e. The van der Waals surface area contributed by atoms with E-state index in [0.29, 0.717) is 10.6 Å². The van der Waals surface area contributed by atoms with Gasteiger partial charge < -0.3 is 15.2 Å². The van der Waals surface area contributed by atoms with Crippen molar-refractivity contribution in [3.05, 3.63) is 82.1 Å². The van der Waals surface area contributed by atoms with E-state index in [4.69, 9.17) is 16.3 Å². The first kappa shape index (κ1) is 18.3. The van der Waals surface area contributed by atoms with Crippen molar-refractivity contribution in [2.75, 3.05) is 0 Å². The molecule has 1 saturated carbocycles. The Bertz CT molecular complexity index is 1030. The zero-order valence-electron chi connectivity index (χ0n) is 15.9. The van der Waals surface area contributed by atoms with Crippen LogP contribution in [0.2, 0.25) is 5.02 Å². The van der Waals surface area contributed by atoms with Gasteiger partial charge in [-0.05, 0) is 42.7 Å². The molecule has 1 aliphatic carbocycles. The molecule has 0 radical (unpaired) electrons. The van der Waals surface area contributed by atoms with E-state index in [2.05, 4.69) is 5.32 Å². The van der Waals surface area contributed by atoms with Gasteiger partial charge in [0.15, 0.2) is 5.72 Å². The number of aliphatic hydroxyl groups is 1. The Morgan fingerprint density at radius 3 is 2.79 bits per heavy atom. The maximum atomic E-state index is 13.1. The fourth-order valence-corrected chi connectivity index (χ4v) is 5.16. The van der Waals surface area contributed by atoms with E-state index >= 15 is 0 Å². The number of ether oxygens (including phenoxy) is 1. The number of carbonyl (C=O) groups is 1. The Hall–Kier alpha value is -2.72. The lowest BCUT2D eigenvalue weighted by Crippen LogP contribution is -2.66. The number of carbonyl (C=O) groups excluding carboxylic acids is 1. The van der Waals surface area contributed by atoms with E-state index in [0.717, 1.165) is 42.6 Å². The first-order valence-corrected chi connectivity index (χ1v) is 10.4. The first-order valence-electron chi connectivity index (χ1n) is 10.0. The number of benzene rings is 2. The quantitative estimate of drug-likeness (QED) is 0.520. The van der Waals surface area contributed by atoms with Crippen LogP contribution in [-0.2, 0) is 4.79 Å². The number of hydrogen-bond acceptors (Lipinski definition) is 3. The second-order valence-electron chi connectivity index (χ2n) is 8.00. The number of nitrogens with one attached hydrogen (secondary N) is 1. The molecule has 148 valence electrons. The zero-order valence-corrected chi connectivity index (χ0v) is 16.7. The Morgan fingerprint density at radius 1 is 1.17 bits per heavy atom. The summed E-state index contributed by atoms with van der Waals surface area (Å²) >= 11 is 5.94. The van der Waals surface area contributed by atoms with Crippen LogP contribution in [0.25, 0.3) is 6.08 Å². The highest BCUT2D eigenvalue weighted by Gasteiger charge is 2.57. The third kappa shape index (κ3) is 3.03. The van der Waals surface area contributed by atoms with E-state index in [1.807, 2.05) is 36.4 Å². The van der Waals surface area contributed by atoms with E-state index < -0.39 is 5.72 Å². The van der Waals surface area contributed by atoms with E-state index in [9.17, 15) is 9.90 Å². The minimum atomic E-state index is -0.669. The molecular weight excluding hydrogens is 386 g/mol. The fourth-order valence-electron chi connectivity index (χ4n) is 5.03. The molecule has 0 spiro atoms. The normalized spacial score (nSPS) is 29.5. The minimum absolute atomic E-state index is 0.00155. The van der Waals surface area contributed by atoms with Crippen LogP contribution in [-0.4, -0.2) is 16.7 Å². The average Bonchev–Trinajstić information content (AvgIpc) is 2.72. The van der Waals surface area contributed by atoms with Crippen LogP contribution in [0.15, 0.2) is 65.9 Å². The van der Waals surface area contributed by atoms with Gasteiger partial charge in [-0.2, -0.15) is 0 Å². The highest BCUT2D eigenvalue weighted by Crippen LogP contribution is 2.55. The summed E-state index contributed by atoms with van der Waals surface area (Å²) in [5.41, 5.74) is 1.63. The van der Waals surface area contributed by atoms with Crippen LogP contribution >= 0.6 is 11.6 Å². The van der Waals surface area contributed by atoms with Gasteiger partial charge in [-0.25, -0.2) is 0 Å². The number of allylic oxidation sites excluding steroid dienone is 1. The first-order chi connectivity index (χ1) is 14.1. The van der Waals surface area contributed by atoms with Gasteiger partial charge in [0.05, 0.1) is 5.57 Å². The monoisotopic (exact) mass is 407 g/mol. The number of aliphatic hydroxyl groups excluding tert-OH is 1. The number of piperidine rings is 1. The maximum Gasteiger partial charge on any atom is 0.254 e. The van der Waals surface area contributed by atoms with Gasteiger partial charge in [0.1, 0.15) is 11.5 Å². The Morgan fingerprint density at radius 2 is 1.97 bits per heavy atom. The summed E-state index contributed by atoms with van der Waals surface area (Å²) in [6.45, 7) is 0. The van der Waals surface area contributed by atoms with Crippen LogP contribution in [0.3, 0.4) is 0 Å². The second kappa shape index (κ2) is 6.96. The third-order valence-electron chi connectivity index (χ3n) is 6.32. The van der Waals surface area contributed by atoms with Gasteiger partial charge >= 0.3 is 0 Å². The van der Waals surface area contributed by atoms with Crippen molar-refractivity contribution >= 4 is 23.6 Å². The third-order valence-corrected chi connectivity index (χ3v) is 6.57. The van der Waals surface area contributed by atoms with Crippen LogP contribution < -0.4 is 10.1 Å². The summed E-state index contributed by atoms with van der Waals surface area (Å²) in [4.78, 5) is 13.1. The molecule has 1 amide bonds. The predicted molar refractivity (Wildman–Crippen MR) is 113 cm³/mol. The van der Waals surface area contributed by atoms with Gasteiger partial charge in [-0.3, -0.25) is 4.79 Å². The van der Waals surface area contributed by atoms with E-state index in [1.165, 1.54) is 0 Å². The highest BCUT2D eigenvalue weighted by molar-refractivity contribution is 6.30. The van der Waals surface area contributed by atoms with Gasteiger partial charge in [-0.1, -0.05) is 54.4 Å². The Labute approximate surface area is 174 Å². The second-order valence-corrected chi connectivity index (χ2v) is 8.43. The van der Waals surface area contributed by atoms with Gasteiger partial charge in [0.2, 0.25) is 0 Å². The molecule has 2 aromatic carbocycles. The molecule has 5 rings (SSSR count). The van der Waals surface area contributed by atoms with E-state index in [1.54, 1.807) is 24.3 Å². The lowest BCUT2D eigenvalue weighted by atomic mass is 9.64. The summed E-state index contributed by atoms with van der Waals surface area (Å²) in [7, 11) is 0. The molecule has 4 nitrogen and oxygen atoms in total. The van der Waals surface area contributed by atoms with Gasteiger partial charge in [0.25, 0.3) is 5.91 Å². The van der Waals surface area contributed by atoms with Crippen molar-refractivity contribution in [3.8, 4) is 5.75 Å². The molecule has 5 heteroatoms. The molecule has 0 aromatic heterocycles. The molecule has 2 fully saturated rings. The number of para-hydroxylation sites is 1. The summed E-state index contributed by atoms with van der Waals surface area (Å²) in [6, 6.07) is 15.2. The number of fused-ring (bicyclic) bond motifs is 2. The van der Waals surface area contributed by atoms with Crippen molar-refractivity contribution in [1.29, 1.82) is 0 Å². The van der Waals surface area contributed by atoms with Crippen LogP contribution in [0, 0.1) is 5.92 Å². The number of halogens is 1. The lowest BCUT2D eigenvalue weighted by Gasteiger charge is -2.54. The predicted octanol–water partition coefficient (Wildman–Crippen LogP) is 5.36. The van der Waals surface area contributed by atoms with Crippen LogP contribution in [0.4, 0.5) is 0 Å². The van der Waals surface area contributed by atoms with Crippen molar-refractivity contribution in [1.82, 2.24) is 5.32 Å². The highest BCUT2D eigenvalue weighted by atomic mass is 35.5. The topological polar surface area (TPSA) is 58.6 Å². The van der Waals surface area contributed by atoms with Crippen molar-refractivity contribution in [2.24, 2.45) is 5.92 Å². The molecule has 2 aliphatic heterocycles. The lowest BCUT2D eigenvalue weighted by molar-refractivity contribution is -0.140. The smallest absolute Gasteiger partial charge is 0.254 e. The largest absolute Gasteiger partial charge is 0.507 e. The Balaban J connectivity index is 1.60. The molecule has 2 N–H and O–H groups in total. The zero-order chi connectivity index (χ0) is 20.0. The van der Waals surface area contributed by atoms with Crippen molar-refractivity contribution in [3.63, 3.8) is 0 Å². The van der Waals surface area contributed by atoms with Gasteiger partial charge in [-0.15, -0.1) is 0 Å². The maximum absolute atomic E-state index is 13.1. The summed E-state index contributed by atoms with van der Waals surface area (Å²) in [5.74, 6) is 0.482. The molecule has 2 heterocycles. The van der Waals surface area contributed by atoms with Crippen molar-refractivity contribution < 1.29 is 14.6 Å². The average molecular weight is 408 g/mol. The molecule has 3 aliphatic rings. The van der Waals surface area contributed by atoms with Crippen LogP contribution in [0.5, 0.6) is 5.75 Å². The van der Waals surface area contributed by atoms with Crippen molar-refractivity contribution in [2.45, 2.75) is 37.3 Å². The number of amides is 1. The van der Waals surface area contributed by atoms with Gasteiger partial charge in [0, 0.05) is 28.8 Å². The van der Waals surface area contributed by atoms with Crippen LogP contribution in [0.1, 0.15) is 42.7 Å². The number of hydrogen-bond donors (Lipinski definition) is 2. The summed E-state index contributed by atoms with van der Waals surface area (Å²) in [5, 5.41) is 14.7. The molecule has 3 atom stereocenters. The molecule has 3 unspecified atom stereocenters. The molecule has 2 bridgehead atoms. The summed E-state index contributed by atoms with van der Waals surface area (Å²) < 4.78 is 6.37. The fraction of sp³-hybridized carbons (Fsp3) is 0.292. The SMILES string of the molecule is O=C1NC23CCCCC2C(C1=C(O)C=Cc1ccc(Cl)cc1)c1ccccc1O3. The number of rotatable bonds is 2.